The molecule has 1 aromatic rings. The van der Waals surface area contributed by atoms with Crippen LogP contribution in [0.15, 0.2) is 30.5 Å². The van der Waals surface area contributed by atoms with Gasteiger partial charge < -0.3 is 5.73 Å². The molecule has 0 spiro atoms. The minimum absolute atomic E-state index is 1.02. The summed E-state index contributed by atoms with van der Waals surface area (Å²) in [6, 6.07) is 6.19. The Kier molecular flexibility index (Phi) is 3.32. The highest BCUT2D eigenvalue weighted by Crippen LogP contribution is 1.88. The molecule has 0 aliphatic rings. The lowest BCUT2D eigenvalue weighted by molar-refractivity contribution is 1.12. The van der Waals surface area contributed by atoms with Gasteiger partial charge in [0, 0.05) is 0 Å². The van der Waals surface area contributed by atoms with Crippen molar-refractivity contribution in [2.75, 3.05) is 0 Å². The van der Waals surface area contributed by atoms with Gasteiger partial charge in [0.25, 0.3) is 0 Å². The first-order chi connectivity index (χ1) is 6.29. The van der Waals surface area contributed by atoms with Gasteiger partial charge in [-0.1, -0.05) is 37.8 Å². The summed E-state index contributed by atoms with van der Waals surface area (Å²) in [6.45, 7) is 6.17. The summed E-state index contributed by atoms with van der Waals surface area (Å²) in [7, 11) is 0. The van der Waals surface area contributed by atoms with Crippen LogP contribution in [0.3, 0.4) is 0 Å². The summed E-state index contributed by atoms with van der Waals surface area (Å²) in [6.07, 6.45) is 6.34. The Morgan fingerprint density at radius 1 is 1.46 bits per heavy atom. The van der Waals surface area contributed by atoms with Crippen molar-refractivity contribution in [3.8, 4) is 0 Å². The molecule has 1 heteroatoms. The topological polar surface area (TPSA) is 26.0 Å². The van der Waals surface area contributed by atoms with Gasteiger partial charge in [-0.3, -0.25) is 0 Å². The van der Waals surface area contributed by atoms with Crippen LogP contribution in [0.4, 0.5) is 0 Å². The van der Waals surface area contributed by atoms with E-state index in [0.29, 0.717) is 0 Å². The monoisotopic (exact) mass is 173 g/mol. The fraction of sp³-hybridized carbons (Fsp3) is 0.167. The van der Waals surface area contributed by atoms with E-state index in [0.717, 1.165) is 16.9 Å². The van der Waals surface area contributed by atoms with E-state index in [9.17, 15) is 0 Å². The molecular formula is C12H15N. The van der Waals surface area contributed by atoms with Gasteiger partial charge in [0.1, 0.15) is 0 Å². The second-order valence-electron chi connectivity index (χ2n) is 2.89. The Bertz CT molecular complexity index is 402. The van der Waals surface area contributed by atoms with E-state index < -0.39 is 0 Å². The van der Waals surface area contributed by atoms with Gasteiger partial charge in [-0.2, -0.15) is 0 Å². The average molecular weight is 173 g/mol. The maximum atomic E-state index is 5.26. The van der Waals surface area contributed by atoms with Crippen molar-refractivity contribution in [3.63, 3.8) is 0 Å². The number of rotatable bonds is 2. The summed E-state index contributed by atoms with van der Waals surface area (Å²) in [5, 5.41) is 2.24. The third-order valence-corrected chi connectivity index (χ3v) is 2.08. The zero-order valence-electron chi connectivity index (χ0n) is 7.96. The average Bonchev–Trinajstić information content (AvgIpc) is 2.16. The lowest BCUT2D eigenvalue weighted by Gasteiger charge is -1.96. The number of allylic oxidation sites excluding steroid dienone is 1. The van der Waals surface area contributed by atoms with Crippen LogP contribution in [-0.2, 0) is 6.42 Å². The van der Waals surface area contributed by atoms with E-state index in [1.54, 1.807) is 0 Å². The van der Waals surface area contributed by atoms with Crippen LogP contribution in [0.5, 0.6) is 0 Å². The minimum Gasteiger partial charge on any atom is -0.405 e. The molecule has 0 saturated heterocycles. The van der Waals surface area contributed by atoms with Crippen LogP contribution >= 0.6 is 0 Å². The molecule has 68 valence electrons. The van der Waals surface area contributed by atoms with Crippen molar-refractivity contribution in [1.82, 2.24) is 0 Å². The van der Waals surface area contributed by atoms with E-state index in [-0.39, 0.29) is 0 Å². The zero-order chi connectivity index (χ0) is 9.68. The summed E-state index contributed by atoms with van der Waals surface area (Å²) >= 11 is 0. The highest BCUT2D eigenvalue weighted by molar-refractivity contribution is 5.39. The smallest absolute Gasteiger partial charge is 0.00622 e. The van der Waals surface area contributed by atoms with Crippen LogP contribution in [0.25, 0.3) is 12.7 Å². The molecule has 1 nitrogen and oxygen atoms in total. The second kappa shape index (κ2) is 4.51. The molecule has 0 atom stereocenters. The van der Waals surface area contributed by atoms with E-state index in [4.69, 9.17) is 5.73 Å². The fourth-order valence-corrected chi connectivity index (χ4v) is 1.30. The predicted octanol–water partition coefficient (Wildman–Crippen LogP) is 0.912. The van der Waals surface area contributed by atoms with E-state index in [1.807, 2.05) is 24.3 Å². The van der Waals surface area contributed by atoms with E-state index in [1.165, 1.54) is 11.8 Å². The molecule has 1 rings (SSSR count). The van der Waals surface area contributed by atoms with Crippen molar-refractivity contribution in [3.05, 3.63) is 46.5 Å². The van der Waals surface area contributed by atoms with Gasteiger partial charge in [-0.05, 0) is 34.7 Å². The van der Waals surface area contributed by atoms with Crippen molar-refractivity contribution >= 4 is 12.7 Å². The summed E-state index contributed by atoms with van der Waals surface area (Å²) in [5.41, 5.74) is 6.56. The SMILES string of the molecule is C=c1c(CC)ccc/c1=C/C=C\N. The number of hydrogen-bond donors (Lipinski definition) is 1. The molecule has 0 heterocycles. The third kappa shape index (κ3) is 2.22. The quantitative estimate of drug-likeness (QED) is 0.707. The van der Waals surface area contributed by atoms with Gasteiger partial charge in [-0.15, -0.1) is 0 Å². The molecule has 0 saturated carbocycles. The molecule has 0 unspecified atom stereocenters. The number of hydrogen-bond acceptors (Lipinski definition) is 1. The first kappa shape index (κ1) is 9.59. The van der Waals surface area contributed by atoms with E-state index in [2.05, 4.69) is 19.6 Å². The minimum atomic E-state index is 1.02. The molecular weight excluding hydrogens is 158 g/mol. The van der Waals surface area contributed by atoms with Gasteiger partial charge in [0.15, 0.2) is 0 Å². The number of nitrogens with two attached hydrogens (primary N) is 1. The van der Waals surface area contributed by atoms with Crippen molar-refractivity contribution in [2.24, 2.45) is 5.73 Å². The lowest BCUT2D eigenvalue weighted by Crippen LogP contribution is -2.26. The number of benzene rings is 1. The highest BCUT2D eigenvalue weighted by Gasteiger charge is 1.89. The molecule has 13 heavy (non-hydrogen) atoms. The van der Waals surface area contributed by atoms with Crippen LogP contribution in [-0.4, -0.2) is 0 Å². The van der Waals surface area contributed by atoms with Gasteiger partial charge in [0.05, 0.1) is 0 Å². The Morgan fingerprint density at radius 3 is 2.85 bits per heavy atom. The molecule has 1 aromatic carbocycles. The van der Waals surface area contributed by atoms with Gasteiger partial charge in [0.2, 0.25) is 0 Å². The molecule has 0 aliphatic carbocycles. The van der Waals surface area contributed by atoms with Gasteiger partial charge >= 0.3 is 0 Å². The standard InChI is InChI=1S/C12H15N/c1-3-11-6-4-7-12(10(11)2)8-5-9-13/h4-9H,2-3,13H2,1H3/b9-5-,12-8-. The van der Waals surface area contributed by atoms with Gasteiger partial charge in [-0.25, -0.2) is 0 Å². The summed E-state index contributed by atoms with van der Waals surface area (Å²) in [5.74, 6) is 0. The first-order valence-electron chi connectivity index (χ1n) is 4.45. The largest absolute Gasteiger partial charge is 0.405 e. The maximum Gasteiger partial charge on any atom is -0.00622 e. The van der Waals surface area contributed by atoms with Crippen LogP contribution in [0.1, 0.15) is 12.5 Å². The highest BCUT2D eigenvalue weighted by atomic mass is 14.5. The Labute approximate surface area is 78.9 Å². The molecule has 0 fully saturated rings. The summed E-state index contributed by atoms with van der Waals surface area (Å²) in [4.78, 5) is 0. The molecule has 0 bridgehead atoms. The van der Waals surface area contributed by atoms with Crippen LogP contribution < -0.4 is 16.2 Å². The maximum absolute atomic E-state index is 5.26. The fourth-order valence-electron chi connectivity index (χ4n) is 1.30. The second-order valence-corrected chi connectivity index (χ2v) is 2.89. The molecule has 0 amide bonds. The Hall–Kier alpha value is -1.50. The lowest BCUT2D eigenvalue weighted by atomic mass is 10.1. The zero-order valence-corrected chi connectivity index (χ0v) is 7.96. The van der Waals surface area contributed by atoms with Crippen LogP contribution in [0, 0.1) is 0 Å². The molecule has 0 aromatic heterocycles. The Morgan fingerprint density at radius 2 is 2.23 bits per heavy atom. The summed E-state index contributed by atoms with van der Waals surface area (Å²) < 4.78 is 0. The molecule has 2 N–H and O–H groups in total. The predicted molar refractivity (Wildman–Crippen MR) is 58.4 cm³/mol. The van der Waals surface area contributed by atoms with Crippen molar-refractivity contribution < 1.29 is 0 Å². The third-order valence-electron chi connectivity index (χ3n) is 2.08. The Balaban J connectivity index is 3.32. The first-order valence-corrected chi connectivity index (χ1v) is 4.45. The molecule has 0 radical (unpaired) electrons. The van der Waals surface area contributed by atoms with Crippen molar-refractivity contribution in [1.29, 1.82) is 0 Å². The van der Waals surface area contributed by atoms with Crippen molar-refractivity contribution in [2.45, 2.75) is 13.3 Å². The van der Waals surface area contributed by atoms with E-state index >= 15 is 0 Å². The normalized spacial score (nSPS) is 12.5. The molecule has 0 aliphatic heterocycles. The number of aryl methyl sites for hydroxylation is 1. The van der Waals surface area contributed by atoms with Crippen LogP contribution in [0.2, 0.25) is 0 Å².